The van der Waals surface area contributed by atoms with Crippen LogP contribution in [-0.4, -0.2) is 78.4 Å². The zero-order valence-electron chi connectivity index (χ0n) is 13.2. The van der Waals surface area contributed by atoms with Gasteiger partial charge in [-0.3, -0.25) is 19.8 Å². The van der Waals surface area contributed by atoms with Crippen molar-refractivity contribution < 1.29 is 28.4 Å². The van der Waals surface area contributed by atoms with Gasteiger partial charge in [0.1, 0.15) is 11.0 Å². The summed E-state index contributed by atoms with van der Waals surface area (Å²) in [7, 11) is 0. The number of carbonyl (C=O) groups is 2. The van der Waals surface area contributed by atoms with Gasteiger partial charge in [0.25, 0.3) is 0 Å². The molecule has 25 heavy (non-hydrogen) atoms. The Morgan fingerprint density at radius 2 is 2.16 bits per heavy atom. The monoisotopic (exact) mass is 352 g/mol. The van der Waals surface area contributed by atoms with Crippen LogP contribution in [0.4, 0.5) is 10.7 Å². The SMILES string of the molecule is O=C(/C=N/N1CC(CN2CCOCC2)OC1=O)c1ccc([N+](=O)[O-])o1. The Balaban J connectivity index is 1.54. The van der Waals surface area contributed by atoms with E-state index in [1.165, 1.54) is 6.07 Å². The minimum atomic E-state index is -0.748. The Hall–Kier alpha value is -2.79. The van der Waals surface area contributed by atoms with Gasteiger partial charge in [-0.1, -0.05) is 0 Å². The number of cyclic esters (lactones) is 1. The molecule has 0 bridgehead atoms. The van der Waals surface area contributed by atoms with Gasteiger partial charge in [0.15, 0.2) is 5.76 Å². The highest BCUT2D eigenvalue weighted by Gasteiger charge is 2.33. The number of Topliss-reactive ketones (excluding diaryl/α,β-unsaturated/α-hetero) is 1. The maximum atomic E-state index is 11.9. The summed E-state index contributed by atoms with van der Waals surface area (Å²) >= 11 is 0. The van der Waals surface area contributed by atoms with E-state index in [4.69, 9.17) is 13.9 Å². The Morgan fingerprint density at radius 3 is 2.84 bits per heavy atom. The van der Waals surface area contributed by atoms with E-state index in [0.29, 0.717) is 19.8 Å². The molecule has 0 aliphatic carbocycles. The number of hydrogen-bond acceptors (Lipinski definition) is 9. The maximum Gasteiger partial charge on any atom is 0.433 e. The van der Waals surface area contributed by atoms with Gasteiger partial charge < -0.3 is 13.9 Å². The van der Waals surface area contributed by atoms with Gasteiger partial charge >= 0.3 is 12.0 Å². The van der Waals surface area contributed by atoms with E-state index in [-0.39, 0.29) is 18.4 Å². The number of hydrazone groups is 1. The summed E-state index contributed by atoms with van der Waals surface area (Å²) in [5.41, 5.74) is 0. The quantitative estimate of drug-likeness (QED) is 0.313. The molecule has 0 aromatic carbocycles. The molecule has 134 valence electrons. The van der Waals surface area contributed by atoms with E-state index in [2.05, 4.69) is 10.0 Å². The topological polar surface area (TPSA) is 128 Å². The lowest BCUT2D eigenvalue weighted by Gasteiger charge is -2.27. The Morgan fingerprint density at radius 1 is 1.40 bits per heavy atom. The van der Waals surface area contributed by atoms with Crippen molar-refractivity contribution in [1.82, 2.24) is 9.91 Å². The Bertz CT molecular complexity index is 695. The molecule has 3 rings (SSSR count). The zero-order valence-corrected chi connectivity index (χ0v) is 13.2. The van der Waals surface area contributed by atoms with Gasteiger partial charge in [0.05, 0.1) is 32.0 Å². The zero-order chi connectivity index (χ0) is 17.8. The van der Waals surface area contributed by atoms with Crippen LogP contribution in [0.3, 0.4) is 0 Å². The first-order valence-electron chi connectivity index (χ1n) is 7.64. The predicted octanol–water partition coefficient (Wildman–Crippen LogP) is 0.509. The van der Waals surface area contributed by atoms with Crippen LogP contribution in [0.25, 0.3) is 0 Å². The van der Waals surface area contributed by atoms with Gasteiger partial charge in [-0.05, 0) is 6.07 Å². The van der Waals surface area contributed by atoms with Crippen molar-refractivity contribution in [2.24, 2.45) is 5.10 Å². The molecule has 1 amide bonds. The fourth-order valence-electron chi connectivity index (χ4n) is 2.51. The highest BCUT2D eigenvalue weighted by atomic mass is 16.6. The number of morpholine rings is 1. The first kappa shape index (κ1) is 17.0. The normalized spacial score (nSPS) is 21.7. The third-order valence-corrected chi connectivity index (χ3v) is 3.75. The van der Waals surface area contributed by atoms with Crippen LogP contribution in [0.5, 0.6) is 0 Å². The number of nitrogens with zero attached hydrogens (tertiary/aromatic N) is 4. The molecule has 3 heterocycles. The van der Waals surface area contributed by atoms with Crippen molar-refractivity contribution in [3.63, 3.8) is 0 Å². The van der Waals surface area contributed by atoms with Crippen LogP contribution in [0.2, 0.25) is 0 Å². The molecular formula is C14H16N4O7. The lowest BCUT2D eigenvalue weighted by molar-refractivity contribution is -0.402. The van der Waals surface area contributed by atoms with E-state index in [0.717, 1.165) is 30.4 Å². The van der Waals surface area contributed by atoms with Gasteiger partial charge in [-0.15, -0.1) is 0 Å². The molecule has 1 unspecified atom stereocenters. The number of furan rings is 1. The molecule has 2 saturated heterocycles. The summed E-state index contributed by atoms with van der Waals surface area (Å²) in [4.78, 5) is 35.6. The minimum absolute atomic E-state index is 0.221. The van der Waals surface area contributed by atoms with E-state index in [1.54, 1.807) is 0 Å². The lowest BCUT2D eigenvalue weighted by Crippen LogP contribution is -2.41. The second kappa shape index (κ2) is 7.40. The van der Waals surface area contributed by atoms with Crippen LogP contribution in [0.1, 0.15) is 10.6 Å². The average molecular weight is 352 g/mol. The van der Waals surface area contributed by atoms with E-state index >= 15 is 0 Å². The van der Waals surface area contributed by atoms with Crippen molar-refractivity contribution in [2.75, 3.05) is 39.4 Å². The van der Waals surface area contributed by atoms with Crippen LogP contribution >= 0.6 is 0 Å². The fourth-order valence-corrected chi connectivity index (χ4v) is 2.51. The van der Waals surface area contributed by atoms with Gasteiger partial charge in [0.2, 0.25) is 5.78 Å². The average Bonchev–Trinajstić information content (AvgIpc) is 3.21. The van der Waals surface area contributed by atoms with Gasteiger partial charge in [-0.2, -0.15) is 10.1 Å². The maximum absolute atomic E-state index is 11.9. The summed E-state index contributed by atoms with van der Waals surface area (Å²) in [6.45, 7) is 3.62. The molecule has 2 aliphatic rings. The Labute approximate surface area is 141 Å². The number of nitro groups is 1. The standard InChI is InChI=1S/C14H16N4O7/c19-11(12-1-2-13(25-12)18(21)22)7-15-17-9-10(24-14(17)20)8-16-3-5-23-6-4-16/h1-2,7,10H,3-6,8-9H2/b15-7+. The van der Waals surface area contributed by atoms with Crippen LogP contribution < -0.4 is 0 Å². The Kier molecular flexibility index (Phi) is 5.05. The summed E-state index contributed by atoms with van der Waals surface area (Å²) in [6, 6.07) is 2.25. The lowest BCUT2D eigenvalue weighted by atomic mass is 10.3. The summed E-state index contributed by atoms with van der Waals surface area (Å²) in [5.74, 6) is -1.45. The van der Waals surface area contributed by atoms with Crippen LogP contribution in [0.15, 0.2) is 21.7 Å². The van der Waals surface area contributed by atoms with E-state index < -0.39 is 22.7 Å². The first-order chi connectivity index (χ1) is 12.0. The molecule has 1 aromatic heterocycles. The number of amides is 1. The van der Waals surface area contributed by atoms with Crippen molar-refractivity contribution in [3.05, 3.63) is 28.0 Å². The van der Waals surface area contributed by atoms with Gasteiger partial charge in [0, 0.05) is 19.6 Å². The summed E-state index contributed by atoms with van der Waals surface area (Å²) in [5, 5.41) is 15.4. The van der Waals surface area contributed by atoms with Crippen molar-refractivity contribution >= 4 is 24.0 Å². The van der Waals surface area contributed by atoms with Crippen molar-refractivity contribution in [3.8, 4) is 0 Å². The van der Waals surface area contributed by atoms with Gasteiger partial charge in [-0.25, -0.2) is 4.79 Å². The molecule has 0 saturated carbocycles. The molecule has 0 N–H and O–H groups in total. The van der Waals surface area contributed by atoms with E-state index in [9.17, 15) is 19.7 Å². The third kappa shape index (κ3) is 4.19. The van der Waals surface area contributed by atoms with E-state index in [1.807, 2.05) is 0 Å². The fraction of sp³-hybridized carbons (Fsp3) is 0.500. The summed E-state index contributed by atoms with van der Waals surface area (Å²) < 4.78 is 15.3. The van der Waals surface area contributed by atoms with Crippen LogP contribution in [0, 0.1) is 10.1 Å². The number of rotatable bonds is 6. The minimum Gasteiger partial charge on any atom is -0.441 e. The third-order valence-electron chi connectivity index (χ3n) is 3.75. The largest absolute Gasteiger partial charge is 0.441 e. The predicted molar refractivity (Wildman–Crippen MR) is 82.4 cm³/mol. The molecule has 0 spiro atoms. The molecule has 1 aromatic rings. The smallest absolute Gasteiger partial charge is 0.433 e. The molecular weight excluding hydrogens is 336 g/mol. The highest BCUT2D eigenvalue weighted by molar-refractivity contribution is 6.34. The number of ketones is 1. The molecule has 1 atom stereocenters. The molecule has 11 heteroatoms. The molecule has 11 nitrogen and oxygen atoms in total. The number of ether oxygens (including phenoxy) is 2. The molecule has 0 radical (unpaired) electrons. The second-order valence-electron chi connectivity index (χ2n) is 5.50. The number of carbonyl (C=O) groups excluding carboxylic acids is 2. The summed E-state index contributed by atoms with van der Waals surface area (Å²) in [6.07, 6.45) is -0.115. The van der Waals surface area contributed by atoms with Crippen molar-refractivity contribution in [2.45, 2.75) is 6.10 Å². The first-order valence-corrected chi connectivity index (χ1v) is 7.64. The molecule has 2 aliphatic heterocycles. The van der Waals surface area contributed by atoms with Crippen LogP contribution in [-0.2, 0) is 9.47 Å². The highest BCUT2D eigenvalue weighted by Crippen LogP contribution is 2.16. The number of hydrogen-bond donors (Lipinski definition) is 0. The second-order valence-corrected chi connectivity index (χ2v) is 5.50. The van der Waals surface area contributed by atoms with Crippen molar-refractivity contribution in [1.29, 1.82) is 0 Å². The molecule has 2 fully saturated rings.